The lowest BCUT2D eigenvalue weighted by molar-refractivity contribution is 0.0779. The lowest BCUT2D eigenvalue weighted by Crippen LogP contribution is -2.50. The molecule has 4 heterocycles. The molecular weight excluding hydrogens is 388 g/mol. The first kappa shape index (κ1) is 22.4. The fourth-order valence-electron chi connectivity index (χ4n) is 5.83. The van der Waals surface area contributed by atoms with Gasteiger partial charge >= 0.3 is 6.09 Å². The number of hydrogen-bond acceptors (Lipinski definition) is 5. The minimum atomic E-state index is -0.142. The van der Waals surface area contributed by atoms with Crippen LogP contribution in [0.4, 0.5) is 10.6 Å². The van der Waals surface area contributed by atoms with Crippen LogP contribution in [0.25, 0.3) is 0 Å². The summed E-state index contributed by atoms with van der Waals surface area (Å²) in [7, 11) is 0. The summed E-state index contributed by atoms with van der Waals surface area (Å²) >= 11 is 0. The SMILES string of the molecule is CCOC(=O)N1CCC(CN2CCC3(CC2)CCN(CC(C)C)c2ncccc23)CC1. The van der Waals surface area contributed by atoms with Crippen molar-refractivity contribution in [2.75, 3.05) is 57.3 Å². The summed E-state index contributed by atoms with van der Waals surface area (Å²) in [6.45, 7) is 14.4. The third kappa shape index (κ3) is 5.00. The summed E-state index contributed by atoms with van der Waals surface area (Å²) in [6.07, 6.45) is 7.74. The van der Waals surface area contributed by atoms with Gasteiger partial charge in [0.1, 0.15) is 5.82 Å². The highest BCUT2D eigenvalue weighted by Gasteiger charge is 2.42. The molecule has 6 nitrogen and oxygen atoms in total. The average Bonchev–Trinajstić information content (AvgIpc) is 2.78. The van der Waals surface area contributed by atoms with E-state index in [4.69, 9.17) is 9.72 Å². The summed E-state index contributed by atoms with van der Waals surface area (Å²) in [6, 6.07) is 4.47. The summed E-state index contributed by atoms with van der Waals surface area (Å²) in [4.78, 5) is 23.8. The van der Waals surface area contributed by atoms with Crippen LogP contribution in [0.2, 0.25) is 0 Å². The van der Waals surface area contributed by atoms with Gasteiger partial charge in [-0.15, -0.1) is 0 Å². The maximum Gasteiger partial charge on any atom is 0.409 e. The van der Waals surface area contributed by atoms with Gasteiger partial charge in [0.15, 0.2) is 0 Å². The maximum atomic E-state index is 11.9. The summed E-state index contributed by atoms with van der Waals surface area (Å²) < 4.78 is 5.16. The van der Waals surface area contributed by atoms with Crippen molar-refractivity contribution in [2.45, 2.75) is 58.3 Å². The summed E-state index contributed by atoms with van der Waals surface area (Å²) in [5.41, 5.74) is 1.80. The monoisotopic (exact) mass is 428 g/mol. The normalized spacial score (nSPS) is 22.1. The van der Waals surface area contributed by atoms with Crippen LogP contribution in [0.15, 0.2) is 18.3 Å². The van der Waals surface area contributed by atoms with Crippen LogP contribution in [0.1, 0.15) is 58.4 Å². The largest absolute Gasteiger partial charge is 0.450 e. The van der Waals surface area contributed by atoms with Gasteiger partial charge in [-0.3, -0.25) is 0 Å². The molecule has 0 N–H and O–H groups in total. The molecular formula is C25H40N4O2. The minimum absolute atomic E-state index is 0.142. The molecule has 0 bridgehead atoms. The number of fused-ring (bicyclic) bond motifs is 2. The van der Waals surface area contributed by atoms with E-state index in [0.29, 0.717) is 23.9 Å². The number of piperidine rings is 2. The van der Waals surface area contributed by atoms with Gasteiger partial charge in [0, 0.05) is 49.9 Å². The second-order valence-corrected chi connectivity index (χ2v) is 10.2. The number of likely N-dealkylation sites (tertiary alicyclic amines) is 2. The van der Waals surface area contributed by atoms with Crippen molar-refractivity contribution in [2.24, 2.45) is 11.8 Å². The summed E-state index contributed by atoms with van der Waals surface area (Å²) in [5, 5.41) is 0. The molecule has 6 heteroatoms. The molecule has 172 valence electrons. The third-order valence-electron chi connectivity index (χ3n) is 7.57. The van der Waals surface area contributed by atoms with Crippen LogP contribution < -0.4 is 4.90 Å². The number of carbonyl (C=O) groups is 1. The molecule has 4 rings (SSSR count). The fraction of sp³-hybridized carbons (Fsp3) is 0.760. The van der Waals surface area contributed by atoms with Gasteiger partial charge < -0.3 is 19.4 Å². The van der Waals surface area contributed by atoms with E-state index in [1.54, 1.807) is 0 Å². The quantitative estimate of drug-likeness (QED) is 0.705. The Morgan fingerprint density at radius 1 is 1.16 bits per heavy atom. The number of aromatic nitrogens is 1. The van der Waals surface area contributed by atoms with Crippen molar-refractivity contribution in [1.82, 2.24) is 14.8 Å². The van der Waals surface area contributed by atoms with E-state index in [0.717, 1.165) is 39.0 Å². The summed E-state index contributed by atoms with van der Waals surface area (Å²) in [5.74, 6) is 2.59. The molecule has 0 atom stereocenters. The molecule has 0 aromatic carbocycles. The van der Waals surface area contributed by atoms with Crippen molar-refractivity contribution in [3.63, 3.8) is 0 Å². The zero-order chi connectivity index (χ0) is 21.8. The van der Waals surface area contributed by atoms with Gasteiger partial charge in [-0.05, 0) is 70.0 Å². The van der Waals surface area contributed by atoms with Crippen LogP contribution in [0.5, 0.6) is 0 Å². The number of ether oxygens (including phenoxy) is 1. The van der Waals surface area contributed by atoms with E-state index in [2.05, 4.69) is 35.8 Å². The van der Waals surface area contributed by atoms with E-state index in [9.17, 15) is 4.79 Å². The molecule has 2 saturated heterocycles. The Hall–Kier alpha value is -1.82. The first-order valence-electron chi connectivity index (χ1n) is 12.4. The lowest BCUT2D eigenvalue weighted by atomic mass is 9.68. The van der Waals surface area contributed by atoms with Crippen LogP contribution in [-0.2, 0) is 10.2 Å². The van der Waals surface area contributed by atoms with Crippen LogP contribution in [0.3, 0.4) is 0 Å². The van der Waals surface area contributed by atoms with Crippen LogP contribution >= 0.6 is 0 Å². The molecule has 1 aromatic heterocycles. The smallest absolute Gasteiger partial charge is 0.409 e. The second kappa shape index (κ2) is 9.76. The topological polar surface area (TPSA) is 48.9 Å². The van der Waals surface area contributed by atoms with Gasteiger partial charge in [0.2, 0.25) is 0 Å². The number of nitrogens with zero attached hydrogens (tertiary/aromatic N) is 4. The highest BCUT2D eigenvalue weighted by Crippen LogP contribution is 2.46. The predicted molar refractivity (Wildman–Crippen MR) is 125 cm³/mol. The fourth-order valence-corrected chi connectivity index (χ4v) is 5.83. The predicted octanol–water partition coefficient (Wildman–Crippen LogP) is 4.15. The number of carbonyl (C=O) groups excluding carboxylic acids is 1. The Kier molecular flexibility index (Phi) is 7.05. The Morgan fingerprint density at radius 2 is 1.87 bits per heavy atom. The van der Waals surface area contributed by atoms with Crippen molar-refractivity contribution in [1.29, 1.82) is 0 Å². The van der Waals surface area contributed by atoms with Crippen LogP contribution in [-0.4, -0.2) is 73.3 Å². The Labute approximate surface area is 187 Å². The number of rotatable bonds is 5. The molecule has 31 heavy (non-hydrogen) atoms. The molecule has 3 aliphatic rings. The van der Waals surface area contributed by atoms with Crippen molar-refractivity contribution < 1.29 is 9.53 Å². The zero-order valence-corrected chi connectivity index (χ0v) is 19.7. The Balaban J connectivity index is 1.32. The molecule has 1 aromatic rings. The number of pyridine rings is 1. The maximum absolute atomic E-state index is 11.9. The van der Waals surface area contributed by atoms with Crippen molar-refractivity contribution in [3.8, 4) is 0 Å². The lowest BCUT2D eigenvalue weighted by Gasteiger charge is -2.48. The van der Waals surface area contributed by atoms with Crippen molar-refractivity contribution in [3.05, 3.63) is 23.9 Å². The average molecular weight is 429 g/mol. The van der Waals surface area contributed by atoms with Crippen LogP contribution in [0, 0.1) is 11.8 Å². The van der Waals surface area contributed by atoms with E-state index >= 15 is 0 Å². The first-order valence-corrected chi connectivity index (χ1v) is 12.4. The standard InChI is InChI=1S/C25H40N4O2/c1-4-31-24(30)28-13-7-21(8-14-28)19-27-15-9-25(10-16-27)11-17-29(18-20(2)3)23-22(25)6-5-12-26-23/h5-6,12,20-21H,4,7-11,13-19H2,1-3H3. The van der Waals surface area contributed by atoms with Gasteiger partial charge in [0.05, 0.1) is 6.61 Å². The molecule has 0 unspecified atom stereocenters. The molecule has 1 amide bonds. The van der Waals surface area contributed by atoms with Gasteiger partial charge in [-0.1, -0.05) is 19.9 Å². The Bertz CT molecular complexity index is 737. The third-order valence-corrected chi connectivity index (χ3v) is 7.57. The number of amides is 1. The number of hydrogen-bond donors (Lipinski definition) is 0. The second-order valence-electron chi connectivity index (χ2n) is 10.2. The van der Waals surface area contributed by atoms with Gasteiger partial charge in [0.25, 0.3) is 0 Å². The van der Waals surface area contributed by atoms with Gasteiger partial charge in [-0.25, -0.2) is 9.78 Å². The number of anilines is 1. The molecule has 0 saturated carbocycles. The molecule has 1 spiro atoms. The van der Waals surface area contributed by atoms with Crippen molar-refractivity contribution >= 4 is 11.9 Å². The molecule has 3 aliphatic heterocycles. The molecule has 0 radical (unpaired) electrons. The highest BCUT2D eigenvalue weighted by atomic mass is 16.6. The van der Waals surface area contributed by atoms with E-state index in [1.807, 2.05) is 18.0 Å². The Morgan fingerprint density at radius 3 is 2.55 bits per heavy atom. The highest BCUT2D eigenvalue weighted by molar-refractivity contribution is 5.67. The van der Waals surface area contributed by atoms with E-state index < -0.39 is 0 Å². The molecule has 0 aliphatic carbocycles. The van der Waals surface area contributed by atoms with E-state index in [1.165, 1.54) is 50.3 Å². The minimum Gasteiger partial charge on any atom is -0.450 e. The van der Waals surface area contributed by atoms with Gasteiger partial charge in [-0.2, -0.15) is 0 Å². The molecule has 2 fully saturated rings. The first-order chi connectivity index (χ1) is 15.0. The zero-order valence-electron chi connectivity index (χ0n) is 19.7. The van der Waals surface area contributed by atoms with E-state index in [-0.39, 0.29) is 6.09 Å².